The molecule has 0 aromatic carbocycles. The van der Waals surface area contributed by atoms with Crippen LogP contribution in [-0.2, 0) is 6.54 Å². The molecule has 0 radical (unpaired) electrons. The van der Waals surface area contributed by atoms with Crippen molar-refractivity contribution in [3.05, 3.63) is 34.3 Å². The molecule has 0 saturated heterocycles. The Bertz CT molecular complexity index is 632. The van der Waals surface area contributed by atoms with E-state index in [-0.39, 0.29) is 5.69 Å². The second-order valence-electron chi connectivity index (χ2n) is 3.71. The van der Waals surface area contributed by atoms with Crippen LogP contribution in [0.5, 0.6) is 5.88 Å². The Labute approximate surface area is 119 Å². The van der Waals surface area contributed by atoms with Crippen LogP contribution in [0.15, 0.2) is 22.9 Å². The van der Waals surface area contributed by atoms with E-state index in [1.807, 2.05) is 25.1 Å². The molecule has 2 rings (SSSR count). The number of aromatic nitrogens is 3. The Kier molecular flexibility index (Phi) is 4.02. The number of nitrogens with zero attached hydrogens (tertiary/aromatic N) is 4. The minimum Gasteiger partial charge on any atom is -0.478 e. The molecule has 98 valence electrons. The topological polar surface area (TPSA) is 89.8 Å². The maximum Gasteiger partial charge on any atom is 0.213 e. The lowest BCUT2D eigenvalue weighted by molar-refractivity contribution is 0.325. The van der Waals surface area contributed by atoms with Gasteiger partial charge in [-0.25, -0.2) is 9.97 Å². The number of anilines is 1. The quantitative estimate of drug-likeness (QED) is 0.929. The zero-order chi connectivity index (χ0) is 13.8. The fourth-order valence-corrected chi connectivity index (χ4v) is 2.10. The van der Waals surface area contributed by atoms with Crippen LogP contribution >= 0.6 is 15.9 Å². The molecular weight excluding hydrogens is 310 g/mol. The van der Waals surface area contributed by atoms with Gasteiger partial charge in [-0.05, 0) is 28.9 Å². The van der Waals surface area contributed by atoms with Gasteiger partial charge >= 0.3 is 0 Å². The molecule has 7 heteroatoms. The molecule has 0 aliphatic rings. The molecule has 0 aliphatic heterocycles. The molecule has 0 atom stereocenters. The minimum atomic E-state index is 0.202. The van der Waals surface area contributed by atoms with Crippen molar-refractivity contribution in [2.75, 3.05) is 12.3 Å². The maximum atomic E-state index is 8.87. The molecule has 0 bridgehead atoms. The van der Waals surface area contributed by atoms with Gasteiger partial charge in [-0.1, -0.05) is 6.07 Å². The van der Waals surface area contributed by atoms with Crippen LogP contribution in [0.3, 0.4) is 0 Å². The van der Waals surface area contributed by atoms with E-state index in [9.17, 15) is 0 Å². The van der Waals surface area contributed by atoms with Gasteiger partial charge in [0, 0.05) is 6.07 Å². The number of nitriles is 1. The molecule has 2 N–H and O–H groups in total. The van der Waals surface area contributed by atoms with Gasteiger partial charge < -0.3 is 10.5 Å². The highest BCUT2D eigenvalue weighted by Gasteiger charge is 2.13. The highest BCUT2D eigenvalue weighted by molar-refractivity contribution is 9.10. The summed E-state index contributed by atoms with van der Waals surface area (Å²) in [5, 5.41) is 8.87. The number of ether oxygens (including phenoxy) is 1. The minimum absolute atomic E-state index is 0.202. The average molecular weight is 322 g/mol. The van der Waals surface area contributed by atoms with E-state index in [0.717, 1.165) is 5.69 Å². The molecule has 0 amide bonds. The van der Waals surface area contributed by atoms with Crippen LogP contribution in [-0.4, -0.2) is 21.1 Å². The molecule has 0 spiro atoms. The molecular formula is C12H12BrN5O. The van der Waals surface area contributed by atoms with E-state index < -0.39 is 0 Å². The summed E-state index contributed by atoms with van der Waals surface area (Å²) >= 11 is 3.28. The lowest BCUT2D eigenvalue weighted by atomic mass is 10.3. The first kappa shape index (κ1) is 13.4. The average Bonchev–Trinajstić information content (AvgIpc) is 2.67. The van der Waals surface area contributed by atoms with Gasteiger partial charge in [-0.3, -0.25) is 4.57 Å². The fraction of sp³-hybridized carbons (Fsp3) is 0.250. The lowest BCUT2D eigenvalue weighted by Gasteiger charge is -2.08. The van der Waals surface area contributed by atoms with Crippen LogP contribution in [0.2, 0.25) is 0 Å². The smallest absolute Gasteiger partial charge is 0.213 e. The zero-order valence-electron chi connectivity index (χ0n) is 10.3. The van der Waals surface area contributed by atoms with E-state index in [0.29, 0.717) is 29.6 Å². The predicted molar refractivity (Wildman–Crippen MR) is 73.6 cm³/mol. The van der Waals surface area contributed by atoms with Crippen LogP contribution < -0.4 is 10.5 Å². The number of hydrogen-bond acceptors (Lipinski definition) is 5. The van der Waals surface area contributed by atoms with Gasteiger partial charge in [0.1, 0.15) is 11.9 Å². The summed E-state index contributed by atoms with van der Waals surface area (Å²) in [5.74, 6) is 0.883. The van der Waals surface area contributed by atoms with Gasteiger partial charge in [0.05, 0.1) is 18.8 Å². The molecule has 2 heterocycles. The van der Waals surface area contributed by atoms with E-state index in [4.69, 9.17) is 15.7 Å². The first-order chi connectivity index (χ1) is 9.15. The van der Waals surface area contributed by atoms with E-state index in [1.165, 1.54) is 0 Å². The first-order valence-corrected chi connectivity index (χ1v) is 6.45. The van der Waals surface area contributed by atoms with Crippen molar-refractivity contribution >= 4 is 21.7 Å². The molecule has 2 aromatic rings. The number of hydrogen-bond donors (Lipinski definition) is 1. The molecule has 0 fully saturated rings. The lowest BCUT2D eigenvalue weighted by Crippen LogP contribution is -2.07. The number of rotatable bonds is 4. The summed E-state index contributed by atoms with van der Waals surface area (Å²) in [6.45, 7) is 2.88. The van der Waals surface area contributed by atoms with Gasteiger partial charge in [0.15, 0.2) is 10.4 Å². The number of nitrogens with two attached hydrogens (primary N) is 1. The third kappa shape index (κ3) is 2.85. The number of halogens is 1. The van der Waals surface area contributed by atoms with Crippen LogP contribution in [0.4, 0.5) is 5.82 Å². The van der Waals surface area contributed by atoms with Gasteiger partial charge in [-0.2, -0.15) is 5.26 Å². The van der Waals surface area contributed by atoms with Gasteiger partial charge in [0.2, 0.25) is 5.88 Å². The second kappa shape index (κ2) is 5.71. The van der Waals surface area contributed by atoms with Crippen molar-refractivity contribution < 1.29 is 4.74 Å². The van der Waals surface area contributed by atoms with Crippen LogP contribution in [0, 0.1) is 11.3 Å². The Morgan fingerprint density at radius 1 is 1.47 bits per heavy atom. The van der Waals surface area contributed by atoms with E-state index in [1.54, 1.807) is 10.6 Å². The number of nitrogen functional groups attached to an aromatic ring is 1. The first-order valence-electron chi connectivity index (χ1n) is 5.66. The molecule has 19 heavy (non-hydrogen) atoms. The van der Waals surface area contributed by atoms with Crippen molar-refractivity contribution in [1.29, 1.82) is 5.26 Å². The van der Waals surface area contributed by atoms with Gasteiger partial charge in [0.25, 0.3) is 0 Å². The predicted octanol–water partition coefficient (Wildman–Crippen LogP) is 1.94. The molecule has 6 nitrogen and oxygen atoms in total. The standard InChI is InChI=1S/C12H12BrN5O/c1-2-19-10-5-3-4-8(16-10)7-18-11(15)9(6-14)17-12(18)13/h3-5H,2,7,15H2,1H3. The summed E-state index contributed by atoms with van der Waals surface area (Å²) in [6.07, 6.45) is 0. The molecule has 0 unspecified atom stereocenters. The van der Waals surface area contributed by atoms with Crippen LogP contribution in [0.25, 0.3) is 0 Å². The van der Waals surface area contributed by atoms with Crippen molar-refractivity contribution in [2.45, 2.75) is 13.5 Å². The van der Waals surface area contributed by atoms with Crippen LogP contribution in [0.1, 0.15) is 18.3 Å². The van der Waals surface area contributed by atoms with E-state index >= 15 is 0 Å². The normalized spacial score (nSPS) is 10.2. The zero-order valence-corrected chi connectivity index (χ0v) is 11.9. The fourth-order valence-electron chi connectivity index (χ4n) is 1.61. The SMILES string of the molecule is CCOc1cccc(Cn2c(Br)nc(C#N)c2N)n1. The van der Waals surface area contributed by atoms with E-state index in [2.05, 4.69) is 25.9 Å². The largest absolute Gasteiger partial charge is 0.478 e. The third-order valence-corrected chi connectivity index (χ3v) is 3.07. The summed E-state index contributed by atoms with van der Waals surface area (Å²) in [6, 6.07) is 7.46. The van der Waals surface area contributed by atoms with Crippen molar-refractivity contribution in [1.82, 2.24) is 14.5 Å². The Morgan fingerprint density at radius 2 is 2.26 bits per heavy atom. The second-order valence-corrected chi connectivity index (χ2v) is 4.42. The highest BCUT2D eigenvalue weighted by Crippen LogP contribution is 2.20. The highest BCUT2D eigenvalue weighted by atomic mass is 79.9. The third-order valence-electron chi connectivity index (χ3n) is 2.46. The molecule has 0 saturated carbocycles. The number of pyridine rings is 1. The Balaban J connectivity index is 2.29. The molecule has 2 aromatic heterocycles. The molecule has 0 aliphatic carbocycles. The van der Waals surface area contributed by atoms with Crippen molar-refractivity contribution in [2.24, 2.45) is 0 Å². The van der Waals surface area contributed by atoms with Gasteiger partial charge in [-0.15, -0.1) is 0 Å². The Morgan fingerprint density at radius 3 is 2.89 bits per heavy atom. The monoisotopic (exact) mass is 321 g/mol. The Hall–Kier alpha value is -2.07. The summed E-state index contributed by atoms with van der Waals surface area (Å²) in [4.78, 5) is 8.36. The maximum absolute atomic E-state index is 8.87. The van der Waals surface area contributed by atoms with Crippen molar-refractivity contribution in [3.63, 3.8) is 0 Å². The summed E-state index contributed by atoms with van der Waals surface area (Å²) in [5.41, 5.74) is 6.83. The summed E-state index contributed by atoms with van der Waals surface area (Å²) in [7, 11) is 0. The summed E-state index contributed by atoms with van der Waals surface area (Å²) < 4.78 is 7.52. The number of imidazole rings is 1. The van der Waals surface area contributed by atoms with Crippen molar-refractivity contribution in [3.8, 4) is 11.9 Å².